The molecule has 2 fully saturated rings. The van der Waals surface area contributed by atoms with Gasteiger partial charge in [0, 0.05) is 45.2 Å². The van der Waals surface area contributed by atoms with Crippen molar-refractivity contribution in [3.63, 3.8) is 0 Å². The Morgan fingerprint density at radius 2 is 1.69 bits per heavy atom. The second kappa shape index (κ2) is 11.5. The largest absolute Gasteiger partial charge is 0.341 e. The van der Waals surface area contributed by atoms with E-state index >= 15 is 0 Å². The molecule has 2 aliphatic heterocycles. The number of rotatable bonds is 7. The molecule has 0 saturated carbocycles. The van der Waals surface area contributed by atoms with E-state index < -0.39 is 6.04 Å². The van der Waals surface area contributed by atoms with Gasteiger partial charge in [-0.1, -0.05) is 44.2 Å². The first-order valence-electron chi connectivity index (χ1n) is 12.0. The molecule has 2 unspecified atom stereocenters. The molecule has 0 spiro atoms. The summed E-state index contributed by atoms with van der Waals surface area (Å²) in [5, 5.41) is 2.95. The van der Waals surface area contributed by atoms with Gasteiger partial charge in [-0.3, -0.25) is 19.3 Å². The zero-order valence-corrected chi connectivity index (χ0v) is 19.8. The second-order valence-corrected chi connectivity index (χ2v) is 9.54. The van der Waals surface area contributed by atoms with Crippen LogP contribution in [0.25, 0.3) is 0 Å². The first kappa shape index (κ1) is 24.2. The van der Waals surface area contributed by atoms with E-state index in [0.29, 0.717) is 45.2 Å². The summed E-state index contributed by atoms with van der Waals surface area (Å²) >= 11 is 0. The highest BCUT2D eigenvalue weighted by molar-refractivity contribution is 5.89. The number of piperidine rings is 1. The van der Waals surface area contributed by atoms with Gasteiger partial charge < -0.3 is 15.1 Å². The smallest absolute Gasteiger partial charge is 0.249 e. The van der Waals surface area contributed by atoms with E-state index in [1.807, 2.05) is 54.0 Å². The van der Waals surface area contributed by atoms with Crippen LogP contribution in [0.2, 0.25) is 0 Å². The van der Waals surface area contributed by atoms with Crippen molar-refractivity contribution in [2.75, 3.05) is 39.3 Å². The molecule has 32 heavy (non-hydrogen) atoms. The molecule has 1 aromatic rings. The lowest BCUT2D eigenvalue weighted by molar-refractivity contribution is -0.140. The Hall–Kier alpha value is -2.41. The molecular formula is C25H38N4O3. The molecule has 1 N–H and O–H groups in total. The van der Waals surface area contributed by atoms with Crippen LogP contribution in [0.3, 0.4) is 0 Å². The third-order valence-electron chi connectivity index (χ3n) is 6.44. The van der Waals surface area contributed by atoms with Crippen LogP contribution >= 0.6 is 0 Å². The number of carbonyl (C=O) groups is 3. The van der Waals surface area contributed by atoms with E-state index in [1.165, 1.54) is 6.42 Å². The number of likely N-dealkylation sites (tertiary alicyclic amines) is 1. The molecule has 0 aromatic heterocycles. The minimum Gasteiger partial charge on any atom is -0.341 e. The van der Waals surface area contributed by atoms with Crippen molar-refractivity contribution in [3.8, 4) is 0 Å². The Morgan fingerprint density at radius 3 is 2.31 bits per heavy atom. The predicted octanol–water partition coefficient (Wildman–Crippen LogP) is 2.44. The molecule has 2 heterocycles. The standard InChI is InChI=1S/C25H38N4O3/c1-19(2)17-22(30)26-24(21-10-5-4-6-11-21)25(32)28-15-13-27(14-16-28)18-23(31)29-12-8-7-9-20(29)3/h4-6,10-11,19-20,24H,7-9,12-18H2,1-3H3,(H,26,30). The fourth-order valence-electron chi connectivity index (χ4n) is 4.58. The number of piperazine rings is 1. The van der Waals surface area contributed by atoms with Crippen molar-refractivity contribution < 1.29 is 14.4 Å². The van der Waals surface area contributed by atoms with Crippen LogP contribution in [-0.2, 0) is 14.4 Å². The summed E-state index contributed by atoms with van der Waals surface area (Å²) in [6.07, 6.45) is 3.75. The number of hydrogen-bond acceptors (Lipinski definition) is 4. The summed E-state index contributed by atoms with van der Waals surface area (Å²) < 4.78 is 0. The molecule has 176 valence electrons. The van der Waals surface area contributed by atoms with E-state index in [-0.39, 0.29) is 23.6 Å². The summed E-state index contributed by atoms with van der Waals surface area (Å²) in [6, 6.07) is 9.08. The van der Waals surface area contributed by atoms with Crippen molar-refractivity contribution >= 4 is 17.7 Å². The van der Waals surface area contributed by atoms with Crippen LogP contribution < -0.4 is 5.32 Å². The summed E-state index contributed by atoms with van der Waals surface area (Å²) in [7, 11) is 0. The maximum absolute atomic E-state index is 13.4. The molecule has 0 radical (unpaired) electrons. The van der Waals surface area contributed by atoms with Crippen molar-refractivity contribution in [2.45, 2.75) is 58.5 Å². The summed E-state index contributed by atoms with van der Waals surface area (Å²) in [6.45, 7) is 9.84. The molecule has 3 rings (SSSR count). The highest BCUT2D eigenvalue weighted by Crippen LogP contribution is 2.19. The molecule has 2 atom stereocenters. The quantitative estimate of drug-likeness (QED) is 0.704. The van der Waals surface area contributed by atoms with Gasteiger partial charge >= 0.3 is 0 Å². The van der Waals surface area contributed by atoms with Crippen molar-refractivity contribution in [1.29, 1.82) is 0 Å². The van der Waals surface area contributed by atoms with Gasteiger partial charge in [-0.05, 0) is 37.7 Å². The lowest BCUT2D eigenvalue weighted by atomic mass is 10.0. The fourth-order valence-corrected chi connectivity index (χ4v) is 4.58. The van der Waals surface area contributed by atoms with Crippen LogP contribution in [0.5, 0.6) is 0 Å². The lowest BCUT2D eigenvalue weighted by Crippen LogP contribution is -2.54. The molecule has 2 aliphatic rings. The maximum Gasteiger partial charge on any atom is 0.249 e. The van der Waals surface area contributed by atoms with E-state index in [2.05, 4.69) is 17.1 Å². The zero-order chi connectivity index (χ0) is 23.1. The van der Waals surface area contributed by atoms with Gasteiger partial charge in [-0.2, -0.15) is 0 Å². The fraction of sp³-hybridized carbons (Fsp3) is 0.640. The van der Waals surface area contributed by atoms with Gasteiger partial charge in [0.2, 0.25) is 17.7 Å². The Balaban J connectivity index is 1.57. The number of carbonyl (C=O) groups excluding carboxylic acids is 3. The minimum atomic E-state index is -0.676. The Labute approximate surface area is 192 Å². The third kappa shape index (κ3) is 6.55. The molecule has 0 aliphatic carbocycles. The van der Waals surface area contributed by atoms with Crippen molar-refractivity contribution in [2.24, 2.45) is 5.92 Å². The first-order valence-corrected chi connectivity index (χ1v) is 12.0. The molecule has 7 nitrogen and oxygen atoms in total. The second-order valence-electron chi connectivity index (χ2n) is 9.54. The van der Waals surface area contributed by atoms with E-state index in [9.17, 15) is 14.4 Å². The first-order chi connectivity index (χ1) is 15.3. The van der Waals surface area contributed by atoms with Crippen molar-refractivity contribution in [1.82, 2.24) is 20.0 Å². The molecular weight excluding hydrogens is 404 g/mol. The van der Waals surface area contributed by atoms with Crippen LogP contribution in [0.1, 0.15) is 58.1 Å². The van der Waals surface area contributed by atoms with Gasteiger partial charge in [0.25, 0.3) is 0 Å². The van der Waals surface area contributed by atoms with Gasteiger partial charge in [-0.25, -0.2) is 0 Å². The summed E-state index contributed by atoms with van der Waals surface area (Å²) in [5.74, 6) is 0.233. The Bertz CT molecular complexity index is 775. The predicted molar refractivity (Wildman–Crippen MR) is 125 cm³/mol. The topological polar surface area (TPSA) is 73.0 Å². The molecule has 7 heteroatoms. The molecule has 3 amide bonds. The highest BCUT2D eigenvalue weighted by Gasteiger charge is 2.31. The van der Waals surface area contributed by atoms with E-state index in [0.717, 1.165) is 24.9 Å². The molecule has 2 saturated heterocycles. The van der Waals surface area contributed by atoms with E-state index in [4.69, 9.17) is 0 Å². The Kier molecular flexibility index (Phi) is 8.67. The summed E-state index contributed by atoms with van der Waals surface area (Å²) in [4.78, 5) is 44.5. The van der Waals surface area contributed by atoms with Crippen LogP contribution in [-0.4, -0.2) is 77.7 Å². The third-order valence-corrected chi connectivity index (χ3v) is 6.44. The number of amides is 3. The van der Waals surface area contributed by atoms with Crippen LogP contribution in [0, 0.1) is 5.92 Å². The van der Waals surface area contributed by atoms with Crippen LogP contribution in [0.15, 0.2) is 30.3 Å². The SMILES string of the molecule is CC(C)CC(=O)NC(C(=O)N1CCN(CC(=O)N2CCCCC2C)CC1)c1ccccc1. The van der Waals surface area contributed by atoms with Gasteiger partial charge in [-0.15, -0.1) is 0 Å². The monoisotopic (exact) mass is 442 g/mol. The Morgan fingerprint density at radius 1 is 1.00 bits per heavy atom. The van der Waals surface area contributed by atoms with Gasteiger partial charge in [0.1, 0.15) is 6.04 Å². The highest BCUT2D eigenvalue weighted by atomic mass is 16.2. The lowest BCUT2D eigenvalue weighted by Gasteiger charge is -2.39. The van der Waals surface area contributed by atoms with Crippen LogP contribution in [0.4, 0.5) is 0 Å². The minimum absolute atomic E-state index is 0.0797. The zero-order valence-electron chi connectivity index (χ0n) is 19.8. The average molecular weight is 443 g/mol. The number of nitrogens with one attached hydrogen (secondary N) is 1. The van der Waals surface area contributed by atoms with Gasteiger partial charge in [0.15, 0.2) is 0 Å². The molecule has 0 bridgehead atoms. The molecule has 1 aromatic carbocycles. The number of nitrogens with zero attached hydrogens (tertiary/aromatic N) is 3. The normalized spacial score (nSPS) is 20.8. The van der Waals surface area contributed by atoms with Gasteiger partial charge in [0.05, 0.1) is 6.54 Å². The number of hydrogen-bond donors (Lipinski definition) is 1. The summed E-state index contributed by atoms with van der Waals surface area (Å²) in [5.41, 5.74) is 0.797. The van der Waals surface area contributed by atoms with Crippen molar-refractivity contribution in [3.05, 3.63) is 35.9 Å². The maximum atomic E-state index is 13.4. The average Bonchev–Trinajstić information content (AvgIpc) is 2.78. The number of benzene rings is 1. The van der Waals surface area contributed by atoms with E-state index in [1.54, 1.807) is 0 Å².